The lowest BCUT2D eigenvalue weighted by Crippen LogP contribution is -2.30. The number of amides is 1. The van der Waals surface area contributed by atoms with E-state index in [1.165, 1.54) is 18.2 Å². The number of halogens is 1. The predicted molar refractivity (Wildman–Crippen MR) is 113 cm³/mol. The Bertz CT molecular complexity index is 1160. The van der Waals surface area contributed by atoms with Crippen molar-refractivity contribution in [1.82, 2.24) is 9.78 Å². The topological polar surface area (TPSA) is 96.7 Å². The van der Waals surface area contributed by atoms with Crippen LogP contribution in [0.1, 0.15) is 21.5 Å². The molecule has 1 aliphatic rings. The van der Waals surface area contributed by atoms with Crippen LogP contribution in [-0.4, -0.2) is 33.4 Å². The van der Waals surface area contributed by atoms with Crippen molar-refractivity contribution in [3.05, 3.63) is 64.3 Å². The van der Waals surface area contributed by atoms with Gasteiger partial charge in [-0.05, 0) is 42.8 Å². The Labute approximate surface area is 177 Å². The summed E-state index contributed by atoms with van der Waals surface area (Å²) in [6, 6.07) is 10.3. The average Bonchev–Trinajstić information content (AvgIpc) is 2.95. The van der Waals surface area contributed by atoms with Gasteiger partial charge < -0.3 is 20.1 Å². The lowest BCUT2D eigenvalue weighted by atomic mass is 10.1. The van der Waals surface area contributed by atoms with Gasteiger partial charge in [0.15, 0.2) is 6.61 Å². The molecule has 3 aromatic rings. The van der Waals surface area contributed by atoms with Crippen LogP contribution in [0.15, 0.2) is 42.6 Å². The first-order valence-electron chi connectivity index (χ1n) is 9.18. The fourth-order valence-corrected chi connectivity index (χ4v) is 3.61. The number of nitrogens with zero attached hydrogens (tertiary/aromatic N) is 3. The standard InChI is InChI=1S/C21H19ClN4O4/c1-12-3-6-18-17(7-12)24-20-13(9-23-25(20)2)10-26(18)21(29)15-5-4-14(8-16(15)22)30-11-19(27)28/h3-9,24H,10-11H2,1-2H3,(H,27,28). The number of carboxylic acid groups (broad SMARTS) is 1. The van der Waals surface area contributed by atoms with E-state index in [0.717, 1.165) is 28.3 Å². The molecular formula is C21H19ClN4O4. The lowest BCUT2D eigenvalue weighted by molar-refractivity contribution is -0.139. The third kappa shape index (κ3) is 3.69. The van der Waals surface area contributed by atoms with E-state index in [4.69, 9.17) is 21.4 Å². The molecule has 0 fully saturated rings. The number of carbonyl (C=O) groups is 2. The molecule has 2 N–H and O–H groups in total. The number of hydrogen-bond acceptors (Lipinski definition) is 5. The molecule has 0 unspecified atom stereocenters. The summed E-state index contributed by atoms with van der Waals surface area (Å²) >= 11 is 6.35. The number of nitrogens with one attached hydrogen (secondary N) is 1. The fourth-order valence-electron chi connectivity index (χ4n) is 3.36. The molecule has 0 atom stereocenters. The SMILES string of the molecule is Cc1ccc2c(c1)Nc1c(cnn1C)CN2C(=O)c1ccc(OCC(=O)O)cc1Cl. The summed E-state index contributed by atoms with van der Waals surface area (Å²) in [6.45, 7) is 1.81. The predicted octanol–water partition coefficient (Wildman–Crippen LogP) is 3.75. The molecule has 0 aliphatic carbocycles. The van der Waals surface area contributed by atoms with Crippen LogP contribution in [0.4, 0.5) is 17.2 Å². The van der Waals surface area contributed by atoms with Gasteiger partial charge in [-0.3, -0.25) is 9.48 Å². The van der Waals surface area contributed by atoms with Gasteiger partial charge in [0.1, 0.15) is 11.6 Å². The number of aliphatic carboxylic acids is 1. The summed E-state index contributed by atoms with van der Waals surface area (Å²) in [7, 11) is 1.84. The maximum atomic E-state index is 13.5. The van der Waals surface area contributed by atoms with Crippen molar-refractivity contribution >= 4 is 40.7 Å². The highest BCUT2D eigenvalue weighted by Crippen LogP contribution is 2.37. The van der Waals surface area contributed by atoms with E-state index in [-0.39, 0.29) is 16.7 Å². The highest BCUT2D eigenvalue weighted by Gasteiger charge is 2.28. The molecule has 0 radical (unpaired) electrons. The van der Waals surface area contributed by atoms with Crippen LogP contribution in [0, 0.1) is 6.92 Å². The van der Waals surface area contributed by atoms with Crippen molar-refractivity contribution in [3.63, 3.8) is 0 Å². The third-order valence-electron chi connectivity index (χ3n) is 4.82. The van der Waals surface area contributed by atoms with Crippen molar-refractivity contribution in [2.75, 3.05) is 16.8 Å². The van der Waals surface area contributed by atoms with E-state index in [1.54, 1.807) is 15.8 Å². The second-order valence-corrected chi connectivity index (χ2v) is 7.41. The number of ether oxygens (including phenoxy) is 1. The molecule has 8 nitrogen and oxygen atoms in total. The van der Waals surface area contributed by atoms with Gasteiger partial charge >= 0.3 is 5.97 Å². The van der Waals surface area contributed by atoms with E-state index in [2.05, 4.69) is 10.4 Å². The minimum Gasteiger partial charge on any atom is -0.482 e. The van der Waals surface area contributed by atoms with E-state index in [0.29, 0.717) is 12.1 Å². The smallest absolute Gasteiger partial charge is 0.341 e. The van der Waals surface area contributed by atoms with Gasteiger partial charge in [-0.1, -0.05) is 17.7 Å². The van der Waals surface area contributed by atoms with E-state index >= 15 is 0 Å². The summed E-state index contributed by atoms with van der Waals surface area (Å²) in [5.74, 6) is -0.279. The van der Waals surface area contributed by atoms with Crippen LogP contribution in [0.2, 0.25) is 5.02 Å². The van der Waals surface area contributed by atoms with Crippen molar-refractivity contribution in [2.24, 2.45) is 7.05 Å². The molecule has 0 saturated carbocycles. The molecule has 0 spiro atoms. The Morgan fingerprint density at radius 2 is 2.07 bits per heavy atom. The second kappa shape index (κ2) is 7.72. The summed E-state index contributed by atoms with van der Waals surface area (Å²) in [4.78, 5) is 25.8. The number of carbonyl (C=O) groups excluding carboxylic acids is 1. The Morgan fingerprint density at radius 1 is 1.27 bits per heavy atom. The zero-order valence-corrected chi connectivity index (χ0v) is 17.1. The van der Waals surface area contributed by atoms with Crippen molar-refractivity contribution in [1.29, 1.82) is 0 Å². The van der Waals surface area contributed by atoms with Gasteiger partial charge in [0.05, 0.1) is 34.7 Å². The molecule has 1 aromatic heterocycles. The Hall–Kier alpha value is -3.52. The highest BCUT2D eigenvalue weighted by molar-refractivity contribution is 6.34. The molecule has 2 aromatic carbocycles. The Kier molecular flexibility index (Phi) is 5.09. The third-order valence-corrected chi connectivity index (χ3v) is 5.13. The molecular weight excluding hydrogens is 408 g/mol. The minimum atomic E-state index is -1.09. The summed E-state index contributed by atoms with van der Waals surface area (Å²) in [5.41, 5.74) is 3.74. The number of fused-ring (bicyclic) bond motifs is 2. The first-order valence-corrected chi connectivity index (χ1v) is 9.56. The van der Waals surface area contributed by atoms with Gasteiger partial charge in [0, 0.05) is 12.6 Å². The molecule has 154 valence electrons. The highest BCUT2D eigenvalue weighted by atomic mass is 35.5. The molecule has 4 rings (SSSR count). The van der Waals surface area contributed by atoms with Crippen molar-refractivity contribution < 1.29 is 19.4 Å². The maximum Gasteiger partial charge on any atom is 0.341 e. The van der Waals surface area contributed by atoms with Crippen LogP contribution in [-0.2, 0) is 18.4 Å². The monoisotopic (exact) mass is 426 g/mol. The van der Waals surface area contributed by atoms with Crippen LogP contribution in [0.5, 0.6) is 5.75 Å². The van der Waals surface area contributed by atoms with E-state index in [9.17, 15) is 9.59 Å². The normalized spacial score (nSPS) is 12.4. The number of aromatic nitrogens is 2. The summed E-state index contributed by atoms with van der Waals surface area (Å²) < 4.78 is 6.87. The van der Waals surface area contributed by atoms with Crippen molar-refractivity contribution in [2.45, 2.75) is 13.5 Å². The van der Waals surface area contributed by atoms with Crippen LogP contribution >= 0.6 is 11.6 Å². The maximum absolute atomic E-state index is 13.5. The summed E-state index contributed by atoms with van der Waals surface area (Å²) in [6.07, 6.45) is 1.73. The van der Waals surface area contributed by atoms with Crippen LogP contribution < -0.4 is 15.0 Å². The van der Waals surface area contributed by atoms with Crippen molar-refractivity contribution in [3.8, 4) is 5.75 Å². The number of carboxylic acids is 1. The minimum absolute atomic E-state index is 0.181. The fraction of sp³-hybridized carbons (Fsp3) is 0.190. The number of benzene rings is 2. The molecule has 0 saturated heterocycles. The Morgan fingerprint density at radius 3 is 2.80 bits per heavy atom. The zero-order chi connectivity index (χ0) is 21.4. The number of hydrogen-bond donors (Lipinski definition) is 2. The molecule has 1 amide bonds. The second-order valence-electron chi connectivity index (χ2n) is 7.00. The van der Waals surface area contributed by atoms with Crippen LogP contribution in [0.3, 0.4) is 0 Å². The molecule has 9 heteroatoms. The van der Waals surface area contributed by atoms with Gasteiger partial charge in [-0.2, -0.15) is 5.10 Å². The van der Waals surface area contributed by atoms with E-state index < -0.39 is 12.6 Å². The molecule has 2 heterocycles. The zero-order valence-electron chi connectivity index (χ0n) is 16.3. The summed E-state index contributed by atoms with van der Waals surface area (Å²) in [5, 5.41) is 16.6. The van der Waals surface area contributed by atoms with Gasteiger partial charge in [-0.15, -0.1) is 0 Å². The largest absolute Gasteiger partial charge is 0.482 e. The first kappa shape index (κ1) is 19.8. The van der Waals surface area contributed by atoms with Gasteiger partial charge in [0.25, 0.3) is 5.91 Å². The molecule has 0 bridgehead atoms. The van der Waals surface area contributed by atoms with Gasteiger partial charge in [0.2, 0.25) is 0 Å². The van der Waals surface area contributed by atoms with Crippen LogP contribution in [0.25, 0.3) is 0 Å². The average molecular weight is 427 g/mol. The lowest BCUT2D eigenvalue weighted by Gasteiger charge is -2.23. The quantitative estimate of drug-likeness (QED) is 0.659. The number of rotatable bonds is 4. The molecule has 1 aliphatic heterocycles. The molecule has 30 heavy (non-hydrogen) atoms. The Balaban J connectivity index is 1.72. The van der Waals surface area contributed by atoms with E-state index in [1.807, 2.05) is 32.2 Å². The first-order chi connectivity index (χ1) is 14.3. The van der Waals surface area contributed by atoms with Gasteiger partial charge in [-0.25, -0.2) is 4.79 Å². The number of aryl methyl sites for hydroxylation is 2. The number of anilines is 3.